The van der Waals surface area contributed by atoms with Crippen molar-refractivity contribution in [3.8, 4) is 0 Å². The van der Waals surface area contributed by atoms with Crippen molar-refractivity contribution < 1.29 is 5.21 Å². The average Bonchev–Trinajstić information content (AvgIpc) is 2.43. The third kappa shape index (κ3) is 4.27. The first kappa shape index (κ1) is 14.9. The second-order valence-electron chi connectivity index (χ2n) is 4.02. The lowest BCUT2D eigenvalue weighted by Crippen LogP contribution is -2.24. The number of pyridine rings is 1. The minimum absolute atomic E-state index is 0.0981. The van der Waals surface area contributed by atoms with Crippen molar-refractivity contribution in [1.82, 2.24) is 9.88 Å². The number of oxime groups is 1. The summed E-state index contributed by atoms with van der Waals surface area (Å²) in [6, 6.07) is 3.61. The Kier molecular flexibility index (Phi) is 6.68. The predicted octanol–water partition coefficient (Wildman–Crippen LogP) is 2.73. The summed E-state index contributed by atoms with van der Waals surface area (Å²) < 4.78 is 0. The molecule has 18 heavy (non-hydrogen) atoms. The molecule has 0 radical (unpaired) electrons. The van der Waals surface area contributed by atoms with Crippen LogP contribution in [0.4, 0.5) is 0 Å². The van der Waals surface area contributed by atoms with Gasteiger partial charge in [0.15, 0.2) is 5.17 Å². The number of halogens is 1. The number of nitrogens with zero attached hydrogens (tertiary/aromatic N) is 3. The molecule has 0 saturated heterocycles. The van der Waals surface area contributed by atoms with Gasteiger partial charge in [-0.2, -0.15) is 0 Å². The van der Waals surface area contributed by atoms with Gasteiger partial charge in [-0.15, -0.1) is 0 Å². The van der Waals surface area contributed by atoms with E-state index in [1.807, 2.05) is 6.07 Å². The Morgan fingerprint density at radius 3 is 2.78 bits per heavy atom. The van der Waals surface area contributed by atoms with E-state index in [-0.39, 0.29) is 5.17 Å². The minimum Gasteiger partial charge on any atom is -0.410 e. The topological polar surface area (TPSA) is 48.7 Å². The summed E-state index contributed by atoms with van der Waals surface area (Å²) in [5.41, 5.74) is 1.59. The Morgan fingerprint density at radius 2 is 2.17 bits per heavy atom. The Hall–Kier alpha value is -1.13. The first-order chi connectivity index (χ1) is 8.72. The van der Waals surface area contributed by atoms with E-state index in [0.29, 0.717) is 5.56 Å². The van der Waals surface area contributed by atoms with E-state index in [1.165, 1.54) is 0 Å². The van der Waals surface area contributed by atoms with Crippen LogP contribution in [0.2, 0.25) is 0 Å². The molecule has 0 aromatic carbocycles. The fourth-order valence-electron chi connectivity index (χ4n) is 1.89. The highest BCUT2D eigenvalue weighted by Gasteiger charge is 2.09. The van der Waals surface area contributed by atoms with Gasteiger partial charge in [-0.05, 0) is 44.6 Å². The molecule has 0 atom stereocenters. The quantitative estimate of drug-likeness (QED) is 0.470. The van der Waals surface area contributed by atoms with Crippen LogP contribution in [-0.2, 0) is 6.42 Å². The SMILES string of the molecule is CCN(CC)CCCc1ncccc1C(Cl)=NO. The summed E-state index contributed by atoms with van der Waals surface area (Å²) in [4.78, 5) is 6.67. The highest BCUT2D eigenvalue weighted by molar-refractivity contribution is 6.69. The fraction of sp³-hybridized carbons (Fsp3) is 0.538. The van der Waals surface area contributed by atoms with Crippen LogP contribution in [0.15, 0.2) is 23.5 Å². The maximum atomic E-state index is 8.72. The monoisotopic (exact) mass is 269 g/mol. The van der Waals surface area contributed by atoms with Crippen LogP contribution in [0, 0.1) is 0 Å². The van der Waals surface area contributed by atoms with E-state index in [2.05, 4.69) is 28.9 Å². The number of aryl methyl sites for hydroxylation is 1. The predicted molar refractivity (Wildman–Crippen MR) is 74.5 cm³/mol. The van der Waals surface area contributed by atoms with Gasteiger partial charge in [0.25, 0.3) is 0 Å². The number of aromatic nitrogens is 1. The Bertz CT molecular complexity index is 392. The number of hydrogen-bond donors (Lipinski definition) is 1. The van der Waals surface area contributed by atoms with Gasteiger partial charge in [0.1, 0.15) is 0 Å². The molecule has 0 unspecified atom stereocenters. The summed E-state index contributed by atoms with van der Waals surface area (Å²) in [5, 5.41) is 11.8. The van der Waals surface area contributed by atoms with Gasteiger partial charge in [0.05, 0.1) is 5.69 Å². The zero-order chi connectivity index (χ0) is 13.4. The molecule has 0 aliphatic carbocycles. The van der Waals surface area contributed by atoms with E-state index in [9.17, 15) is 0 Å². The molecule has 1 aromatic rings. The molecule has 1 heterocycles. The van der Waals surface area contributed by atoms with E-state index >= 15 is 0 Å². The summed E-state index contributed by atoms with van der Waals surface area (Å²) in [7, 11) is 0. The second kappa shape index (κ2) is 8.06. The molecule has 0 fully saturated rings. The van der Waals surface area contributed by atoms with Crippen molar-refractivity contribution in [1.29, 1.82) is 0 Å². The smallest absolute Gasteiger partial charge is 0.177 e. The van der Waals surface area contributed by atoms with Crippen LogP contribution in [0.3, 0.4) is 0 Å². The lowest BCUT2D eigenvalue weighted by Gasteiger charge is -2.17. The van der Waals surface area contributed by atoms with Crippen molar-refractivity contribution in [2.75, 3.05) is 19.6 Å². The van der Waals surface area contributed by atoms with Crippen molar-refractivity contribution in [2.45, 2.75) is 26.7 Å². The maximum absolute atomic E-state index is 8.72. The van der Waals surface area contributed by atoms with Gasteiger partial charge >= 0.3 is 0 Å². The van der Waals surface area contributed by atoms with Gasteiger partial charge in [-0.25, -0.2) is 0 Å². The van der Waals surface area contributed by atoms with Crippen LogP contribution < -0.4 is 0 Å². The Balaban J connectivity index is 2.62. The molecular weight excluding hydrogens is 250 g/mol. The molecule has 1 aromatic heterocycles. The zero-order valence-corrected chi connectivity index (χ0v) is 11.7. The third-order valence-electron chi connectivity index (χ3n) is 2.98. The lowest BCUT2D eigenvalue weighted by molar-refractivity contribution is 0.299. The summed E-state index contributed by atoms with van der Waals surface area (Å²) in [6.45, 7) is 7.47. The van der Waals surface area contributed by atoms with Crippen LogP contribution in [0.25, 0.3) is 0 Å². The standard InChI is InChI=1S/C13H20ClN3O/c1-3-17(4-2)10-6-8-12-11(13(14)16-18)7-5-9-15-12/h5,7,9,18H,3-4,6,8,10H2,1-2H3. The average molecular weight is 270 g/mol. The normalized spacial score (nSPS) is 12.1. The second-order valence-corrected chi connectivity index (χ2v) is 4.38. The van der Waals surface area contributed by atoms with E-state index in [4.69, 9.17) is 16.8 Å². The van der Waals surface area contributed by atoms with E-state index in [1.54, 1.807) is 12.3 Å². The summed E-state index contributed by atoms with van der Waals surface area (Å²) in [5.74, 6) is 0. The maximum Gasteiger partial charge on any atom is 0.177 e. The van der Waals surface area contributed by atoms with Gasteiger partial charge in [0.2, 0.25) is 0 Å². The molecule has 0 spiro atoms. The Morgan fingerprint density at radius 1 is 1.44 bits per heavy atom. The molecule has 0 amide bonds. The van der Waals surface area contributed by atoms with Crippen molar-refractivity contribution >= 4 is 16.8 Å². The molecule has 1 N–H and O–H groups in total. The summed E-state index contributed by atoms with van der Waals surface area (Å²) in [6.07, 6.45) is 3.58. The number of hydrogen-bond acceptors (Lipinski definition) is 4. The fourth-order valence-corrected chi connectivity index (χ4v) is 2.06. The van der Waals surface area contributed by atoms with Crippen LogP contribution in [-0.4, -0.2) is 39.9 Å². The largest absolute Gasteiger partial charge is 0.410 e. The molecular formula is C13H20ClN3O. The molecule has 1 rings (SSSR count). The Labute approximate surface area is 113 Å². The van der Waals surface area contributed by atoms with Crippen LogP contribution in [0.1, 0.15) is 31.5 Å². The van der Waals surface area contributed by atoms with Gasteiger partial charge < -0.3 is 10.1 Å². The molecule has 100 valence electrons. The number of rotatable bonds is 7. The third-order valence-corrected chi connectivity index (χ3v) is 3.26. The van der Waals surface area contributed by atoms with Gasteiger partial charge in [0, 0.05) is 11.8 Å². The highest BCUT2D eigenvalue weighted by Crippen LogP contribution is 2.12. The van der Waals surface area contributed by atoms with Crippen LogP contribution >= 0.6 is 11.6 Å². The molecule has 0 saturated carbocycles. The van der Waals surface area contributed by atoms with Gasteiger partial charge in [-0.1, -0.05) is 30.6 Å². The van der Waals surface area contributed by atoms with E-state index in [0.717, 1.165) is 38.2 Å². The molecule has 0 aliphatic heterocycles. The van der Waals surface area contributed by atoms with Crippen LogP contribution in [0.5, 0.6) is 0 Å². The molecule has 0 aliphatic rings. The van der Waals surface area contributed by atoms with Crippen molar-refractivity contribution in [3.05, 3.63) is 29.6 Å². The lowest BCUT2D eigenvalue weighted by atomic mass is 10.1. The van der Waals surface area contributed by atoms with E-state index < -0.39 is 0 Å². The van der Waals surface area contributed by atoms with Crippen molar-refractivity contribution in [3.63, 3.8) is 0 Å². The molecule has 4 nitrogen and oxygen atoms in total. The zero-order valence-electron chi connectivity index (χ0n) is 10.9. The van der Waals surface area contributed by atoms with Crippen molar-refractivity contribution in [2.24, 2.45) is 5.16 Å². The molecule has 5 heteroatoms. The first-order valence-corrected chi connectivity index (χ1v) is 6.64. The molecule has 0 bridgehead atoms. The minimum atomic E-state index is 0.0981. The van der Waals surface area contributed by atoms with Gasteiger partial charge in [-0.3, -0.25) is 4.98 Å². The summed E-state index contributed by atoms with van der Waals surface area (Å²) >= 11 is 5.84. The first-order valence-electron chi connectivity index (χ1n) is 6.27. The highest BCUT2D eigenvalue weighted by atomic mass is 35.5.